The molecule has 2 atom stereocenters. The van der Waals surface area contributed by atoms with Crippen LogP contribution in [-0.4, -0.2) is 38.0 Å². The number of nitrogens with zero attached hydrogens (tertiary/aromatic N) is 1. The van der Waals surface area contributed by atoms with Crippen LogP contribution in [0.2, 0.25) is 0 Å². The number of nitro benzene ring substituents is 1. The first-order valence-electron chi connectivity index (χ1n) is 6.09. The molecule has 8 heteroatoms. The molecule has 1 rings (SSSR count). The molecule has 0 aliphatic carbocycles. The van der Waals surface area contributed by atoms with E-state index in [1.807, 2.05) is 0 Å². The van der Waals surface area contributed by atoms with Gasteiger partial charge in [-0.15, -0.1) is 0 Å². The van der Waals surface area contributed by atoms with Crippen LogP contribution in [-0.2, 0) is 9.47 Å². The Morgan fingerprint density at radius 2 is 1.57 bits per heavy atom. The smallest absolute Gasteiger partial charge is 0.283 e. The van der Waals surface area contributed by atoms with Crippen LogP contribution in [0.25, 0.3) is 0 Å². The molecule has 0 fully saturated rings. The van der Waals surface area contributed by atoms with Crippen LogP contribution in [0.3, 0.4) is 0 Å². The molecular formula is C13H17NO7. The highest BCUT2D eigenvalue weighted by atomic mass is 16.7. The van der Waals surface area contributed by atoms with Crippen molar-refractivity contribution in [3.8, 4) is 11.5 Å². The van der Waals surface area contributed by atoms with Crippen molar-refractivity contribution in [2.45, 2.75) is 26.4 Å². The van der Waals surface area contributed by atoms with E-state index in [1.54, 1.807) is 13.8 Å². The number of benzene rings is 1. The van der Waals surface area contributed by atoms with Gasteiger partial charge in [-0.05, 0) is 13.8 Å². The van der Waals surface area contributed by atoms with Crippen LogP contribution in [0.15, 0.2) is 12.1 Å². The van der Waals surface area contributed by atoms with Crippen LogP contribution >= 0.6 is 0 Å². The summed E-state index contributed by atoms with van der Waals surface area (Å²) in [5, 5.41) is 11.0. The van der Waals surface area contributed by atoms with E-state index in [0.29, 0.717) is 6.29 Å². The molecule has 21 heavy (non-hydrogen) atoms. The number of rotatable bonds is 8. The highest BCUT2D eigenvalue weighted by molar-refractivity contribution is 5.83. The third-order valence-corrected chi connectivity index (χ3v) is 2.67. The van der Waals surface area contributed by atoms with Crippen LogP contribution in [0.5, 0.6) is 11.5 Å². The fourth-order valence-electron chi connectivity index (χ4n) is 1.46. The topological polar surface area (TPSA) is 97.1 Å². The Labute approximate surface area is 121 Å². The summed E-state index contributed by atoms with van der Waals surface area (Å²) in [4.78, 5) is 21.3. The molecule has 8 nitrogen and oxygen atoms in total. The number of carbonyl (C=O) groups is 1. The molecule has 116 valence electrons. The average molecular weight is 299 g/mol. The summed E-state index contributed by atoms with van der Waals surface area (Å²) < 4.78 is 20.7. The zero-order valence-electron chi connectivity index (χ0n) is 12.2. The molecule has 0 spiro atoms. The fourth-order valence-corrected chi connectivity index (χ4v) is 1.46. The van der Waals surface area contributed by atoms with Crippen LogP contribution in [0.4, 0.5) is 5.69 Å². The van der Waals surface area contributed by atoms with Crippen molar-refractivity contribution in [3.63, 3.8) is 0 Å². The molecule has 1 aromatic carbocycles. The maximum absolute atomic E-state index is 11.0. The summed E-state index contributed by atoms with van der Waals surface area (Å²) in [5.41, 5.74) is -0.489. The summed E-state index contributed by atoms with van der Waals surface area (Å²) in [5.74, 6) is 0.242. The van der Waals surface area contributed by atoms with Gasteiger partial charge in [-0.1, -0.05) is 0 Å². The van der Waals surface area contributed by atoms with Crippen molar-refractivity contribution < 1.29 is 28.7 Å². The first kappa shape index (κ1) is 16.9. The van der Waals surface area contributed by atoms with Gasteiger partial charge in [0.2, 0.25) is 0 Å². The molecule has 2 unspecified atom stereocenters. The average Bonchev–Trinajstić information content (AvgIpc) is 2.47. The van der Waals surface area contributed by atoms with E-state index in [4.69, 9.17) is 18.9 Å². The fraction of sp³-hybridized carbons (Fsp3) is 0.462. The Hall–Kier alpha value is -2.19. The van der Waals surface area contributed by atoms with Gasteiger partial charge in [0.1, 0.15) is 0 Å². The minimum absolute atomic E-state index is 0.0885. The Morgan fingerprint density at radius 1 is 1.10 bits per heavy atom. The molecule has 0 aliphatic rings. The molecule has 0 aliphatic heterocycles. The normalized spacial score (nSPS) is 13.3. The van der Waals surface area contributed by atoms with E-state index in [-0.39, 0.29) is 22.7 Å². The third kappa shape index (κ3) is 4.40. The third-order valence-electron chi connectivity index (χ3n) is 2.67. The molecule has 0 bridgehead atoms. The second kappa shape index (κ2) is 7.55. The van der Waals surface area contributed by atoms with E-state index in [1.165, 1.54) is 20.3 Å². The van der Waals surface area contributed by atoms with Gasteiger partial charge in [0, 0.05) is 20.3 Å². The predicted octanol–water partition coefficient (Wildman–Crippen LogP) is 2.15. The molecule has 0 N–H and O–H groups in total. The summed E-state index contributed by atoms with van der Waals surface area (Å²) in [6, 6.07) is 2.36. The molecule has 0 saturated heterocycles. The molecular weight excluding hydrogens is 282 g/mol. The highest BCUT2D eigenvalue weighted by Crippen LogP contribution is 2.35. The maximum atomic E-state index is 11.0. The van der Waals surface area contributed by atoms with Crippen molar-refractivity contribution in [1.29, 1.82) is 0 Å². The van der Waals surface area contributed by atoms with E-state index >= 15 is 0 Å². The highest BCUT2D eigenvalue weighted by Gasteiger charge is 2.22. The van der Waals surface area contributed by atoms with Crippen molar-refractivity contribution in [2.75, 3.05) is 14.2 Å². The monoisotopic (exact) mass is 299 g/mol. The first-order chi connectivity index (χ1) is 9.92. The Kier molecular flexibility index (Phi) is 6.07. The van der Waals surface area contributed by atoms with Gasteiger partial charge >= 0.3 is 0 Å². The number of methoxy groups -OCH3 is 2. The van der Waals surface area contributed by atoms with Gasteiger partial charge in [-0.25, -0.2) is 0 Å². The number of hydrogen-bond donors (Lipinski definition) is 0. The lowest BCUT2D eigenvalue weighted by molar-refractivity contribution is -0.385. The Balaban J connectivity index is 3.29. The lowest BCUT2D eigenvalue weighted by Crippen LogP contribution is -2.18. The molecule has 0 heterocycles. The zero-order valence-corrected chi connectivity index (χ0v) is 12.2. The number of hydrogen-bond acceptors (Lipinski definition) is 7. The maximum Gasteiger partial charge on any atom is 0.283 e. The number of carbonyl (C=O) groups excluding carboxylic acids is 1. The summed E-state index contributed by atoms with van der Waals surface area (Å²) in [7, 11) is 2.87. The zero-order chi connectivity index (χ0) is 16.0. The quantitative estimate of drug-likeness (QED) is 0.314. The van der Waals surface area contributed by atoms with Crippen LogP contribution in [0, 0.1) is 10.1 Å². The SMILES string of the molecule is COC(C)Oc1cc(C=O)c([N+](=O)[O-])cc1OC(C)OC. The summed E-state index contributed by atoms with van der Waals surface area (Å²) >= 11 is 0. The van der Waals surface area contributed by atoms with Crippen LogP contribution in [0.1, 0.15) is 24.2 Å². The van der Waals surface area contributed by atoms with Gasteiger partial charge in [-0.2, -0.15) is 0 Å². The molecule has 1 aromatic rings. The molecule has 0 aromatic heterocycles. The minimum Gasteiger partial charge on any atom is -0.461 e. The van der Waals surface area contributed by atoms with Crippen LogP contribution < -0.4 is 9.47 Å². The molecule has 0 radical (unpaired) electrons. The van der Waals surface area contributed by atoms with Gasteiger partial charge in [0.25, 0.3) is 5.69 Å². The molecule has 0 saturated carbocycles. The second-order valence-corrected chi connectivity index (χ2v) is 4.08. The van der Waals surface area contributed by atoms with Gasteiger partial charge in [0.15, 0.2) is 30.4 Å². The van der Waals surface area contributed by atoms with Crippen molar-refractivity contribution in [3.05, 3.63) is 27.8 Å². The van der Waals surface area contributed by atoms with Crippen molar-refractivity contribution in [2.24, 2.45) is 0 Å². The number of ether oxygens (including phenoxy) is 4. The minimum atomic E-state index is -0.669. The van der Waals surface area contributed by atoms with Gasteiger partial charge in [-0.3, -0.25) is 14.9 Å². The van der Waals surface area contributed by atoms with E-state index < -0.39 is 17.5 Å². The predicted molar refractivity (Wildman–Crippen MR) is 72.7 cm³/mol. The number of nitro groups is 1. The largest absolute Gasteiger partial charge is 0.461 e. The first-order valence-corrected chi connectivity index (χ1v) is 6.09. The summed E-state index contributed by atoms with van der Waals surface area (Å²) in [6.45, 7) is 3.24. The Bertz CT molecular complexity index is 517. The summed E-state index contributed by atoms with van der Waals surface area (Å²) in [6.07, 6.45) is -0.885. The van der Waals surface area contributed by atoms with Crippen molar-refractivity contribution in [1.82, 2.24) is 0 Å². The second-order valence-electron chi connectivity index (χ2n) is 4.08. The van der Waals surface area contributed by atoms with E-state index in [0.717, 1.165) is 6.07 Å². The Morgan fingerprint density at radius 3 is 1.95 bits per heavy atom. The standard InChI is InChI=1S/C13H17NO7/c1-8(18-3)20-12-5-10(7-15)11(14(16)17)6-13(12)21-9(2)19-4/h5-9H,1-4H3. The van der Waals surface area contributed by atoms with Gasteiger partial charge < -0.3 is 18.9 Å². The lowest BCUT2D eigenvalue weighted by atomic mass is 10.1. The molecule has 0 amide bonds. The van der Waals surface area contributed by atoms with Crippen molar-refractivity contribution >= 4 is 12.0 Å². The van der Waals surface area contributed by atoms with E-state index in [2.05, 4.69) is 0 Å². The van der Waals surface area contributed by atoms with E-state index in [9.17, 15) is 14.9 Å². The lowest BCUT2D eigenvalue weighted by Gasteiger charge is -2.19. The van der Waals surface area contributed by atoms with Gasteiger partial charge in [0.05, 0.1) is 16.6 Å². The number of aldehydes is 1.